The molecule has 0 aliphatic carbocycles. The van der Waals surface area contributed by atoms with Crippen LogP contribution in [0.1, 0.15) is 23.3 Å². The van der Waals surface area contributed by atoms with E-state index in [0.717, 1.165) is 23.1 Å². The van der Waals surface area contributed by atoms with Crippen LogP contribution in [-0.4, -0.2) is 61.4 Å². The molecule has 0 saturated carbocycles. The van der Waals surface area contributed by atoms with Crippen molar-refractivity contribution in [1.82, 2.24) is 14.8 Å². The van der Waals surface area contributed by atoms with Gasteiger partial charge < -0.3 is 24.3 Å². The first kappa shape index (κ1) is 18.9. The highest BCUT2D eigenvalue weighted by Gasteiger charge is 2.30. The van der Waals surface area contributed by atoms with Crippen LogP contribution < -0.4 is 5.32 Å². The largest absolute Gasteiger partial charge is 0.354 e. The summed E-state index contributed by atoms with van der Waals surface area (Å²) in [4.78, 5) is 27.2. The van der Waals surface area contributed by atoms with Crippen LogP contribution in [-0.2, 0) is 21.3 Å². The zero-order valence-electron chi connectivity index (χ0n) is 15.4. The van der Waals surface area contributed by atoms with Crippen LogP contribution in [0.5, 0.6) is 0 Å². The van der Waals surface area contributed by atoms with Crippen molar-refractivity contribution in [3.8, 4) is 0 Å². The van der Waals surface area contributed by atoms with Crippen molar-refractivity contribution in [2.45, 2.75) is 19.1 Å². The molecule has 0 radical (unpaired) electrons. The van der Waals surface area contributed by atoms with Crippen LogP contribution in [0.2, 0.25) is 0 Å². The second kappa shape index (κ2) is 8.20. The van der Waals surface area contributed by atoms with Gasteiger partial charge in [-0.25, -0.2) is 0 Å². The number of likely N-dealkylation sites (tertiary alicyclic amines) is 1. The number of aromatic nitrogens is 1. The molecule has 2 aromatic heterocycles. The first-order valence-corrected chi connectivity index (χ1v) is 9.58. The number of piperidine rings is 1. The van der Waals surface area contributed by atoms with Crippen molar-refractivity contribution >= 4 is 33.4 Å². The molecule has 8 heteroatoms. The number of carbonyl (C=O) groups is 2. The van der Waals surface area contributed by atoms with Crippen molar-refractivity contribution in [3.63, 3.8) is 0 Å². The van der Waals surface area contributed by atoms with Gasteiger partial charge in [0, 0.05) is 34.4 Å². The number of fused-ring (bicyclic) bond motifs is 1. The maximum absolute atomic E-state index is 13.0. The summed E-state index contributed by atoms with van der Waals surface area (Å²) >= 11 is 1.63. The third-order valence-corrected chi connectivity index (χ3v) is 5.78. The molecule has 0 aromatic carbocycles. The summed E-state index contributed by atoms with van der Waals surface area (Å²) in [6, 6.07) is 3.96. The first-order chi connectivity index (χ1) is 12.5. The van der Waals surface area contributed by atoms with Gasteiger partial charge in [0.05, 0.1) is 22.7 Å². The molecule has 142 valence electrons. The summed E-state index contributed by atoms with van der Waals surface area (Å²) < 4.78 is 13.2. The summed E-state index contributed by atoms with van der Waals surface area (Å²) in [6.07, 6.45) is 1.14. The minimum atomic E-state index is -0.461. The molecular weight excluding hydrogens is 354 g/mol. The molecule has 0 spiro atoms. The Hall–Kier alpha value is -1.90. The van der Waals surface area contributed by atoms with Gasteiger partial charge in [-0.2, -0.15) is 0 Å². The smallest absolute Gasteiger partial charge is 0.270 e. The minimum absolute atomic E-state index is 0.0138. The number of methoxy groups -OCH3 is 2. The molecule has 1 atom stereocenters. The molecule has 1 unspecified atom stereocenters. The zero-order chi connectivity index (χ0) is 18.7. The fraction of sp³-hybridized carbons (Fsp3) is 0.556. The normalized spacial score (nSPS) is 17.8. The summed E-state index contributed by atoms with van der Waals surface area (Å²) in [6.45, 7) is 1.42. The third-order valence-electron chi connectivity index (χ3n) is 4.93. The van der Waals surface area contributed by atoms with E-state index in [1.807, 2.05) is 29.1 Å². The Bertz CT molecular complexity index is 781. The van der Waals surface area contributed by atoms with E-state index in [0.29, 0.717) is 25.3 Å². The molecule has 1 N–H and O–H groups in total. The van der Waals surface area contributed by atoms with Crippen molar-refractivity contribution in [1.29, 1.82) is 0 Å². The molecule has 26 heavy (non-hydrogen) atoms. The minimum Gasteiger partial charge on any atom is -0.354 e. The molecule has 1 aliphatic rings. The van der Waals surface area contributed by atoms with Gasteiger partial charge in [-0.05, 0) is 30.4 Å². The van der Waals surface area contributed by atoms with E-state index in [4.69, 9.17) is 9.47 Å². The van der Waals surface area contributed by atoms with Crippen LogP contribution in [0.4, 0.5) is 0 Å². The maximum atomic E-state index is 13.0. The third kappa shape index (κ3) is 3.77. The van der Waals surface area contributed by atoms with Gasteiger partial charge in [0.2, 0.25) is 5.91 Å². The number of carbonyl (C=O) groups excluding carboxylic acids is 2. The molecule has 2 aromatic rings. The SMILES string of the molecule is COC(CNC(=O)C1CCCN(C(=O)c2cc3sccc3n2C)C1)OC. The Labute approximate surface area is 156 Å². The summed E-state index contributed by atoms with van der Waals surface area (Å²) in [5.41, 5.74) is 1.74. The second-order valence-electron chi connectivity index (χ2n) is 6.50. The Kier molecular flexibility index (Phi) is 5.95. The molecule has 1 saturated heterocycles. The highest BCUT2D eigenvalue weighted by molar-refractivity contribution is 7.17. The van der Waals surface area contributed by atoms with Gasteiger partial charge in [-0.3, -0.25) is 9.59 Å². The van der Waals surface area contributed by atoms with E-state index < -0.39 is 6.29 Å². The number of nitrogens with zero attached hydrogens (tertiary/aromatic N) is 2. The number of hydrogen-bond donors (Lipinski definition) is 1. The van der Waals surface area contributed by atoms with E-state index in [1.54, 1.807) is 16.2 Å². The maximum Gasteiger partial charge on any atom is 0.270 e. The Morgan fingerprint density at radius 1 is 1.38 bits per heavy atom. The van der Waals surface area contributed by atoms with Gasteiger partial charge in [0.15, 0.2) is 6.29 Å². The van der Waals surface area contributed by atoms with Crippen molar-refractivity contribution in [2.75, 3.05) is 33.9 Å². The second-order valence-corrected chi connectivity index (χ2v) is 7.44. The number of ether oxygens (including phenoxy) is 2. The lowest BCUT2D eigenvalue weighted by Crippen LogP contribution is -2.47. The fourth-order valence-corrected chi connectivity index (χ4v) is 4.23. The number of amides is 2. The Morgan fingerprint density at radius 2 is 2.15 bits per heavy atom. The van der Waals surface area contributed by atoms with E-state index in [2.05, 4.69) is 5.32 Å². The van der Waals surface area contributed by atoms with Crippen LogP contribution in [0, 0.1) is 5.92 Å². The summed E-state index contributed by atoms with van der Waals surface area (Å²) in [7, 11) is 4.98. The topological polar surface area (TPSA) is 72.8 Å². The van der Waals surface area contributed by atoms with Crippen LogP contribution in [0.25, 0.3) is 10.2 Å². The first-order valence-electron chi connectivity index (χ1n) is 8.70. The molecule has 0 bridgehead atoms. The van der Waals surface area contributed by atoms with E-state index in [1.165, 1.54) is 14.2 Å². The molecule has 3 rings (SSSR count). The number of nitrogens with one attached hydrogen (secondary N) is 1. The predicted octanol–water partition coefficient (Wildman–Crippen LogP) is 1.83. The lowest BCUT2D eigenvalue weighted by atomic mass is 9.97. The standard InChI is InChI=1S/C18H25N3O4S/c1-20-13-6-8-26-15(13)9-14(20)18(23)21-7-4-5-12(11-21)17(22)19-10-16(24-2)25-3/h6,8-9,12,16H,4-5,7,10-11H2,1-3H3,(H,19,22). The fourth-order valence-electron chi connectivity index (χ4n) is 3.38. The lowest BCUT2D eigenvalue weighted by Gasteiger charge is -2.32. The Balaban J connectivity index is 1.64. The van der Waals surface area contributed by atoms with Crippen molar-refractivity contribution in [2.24, 2.45) is 13.0 Å². The average molecular weight is 379 g/mol. The zero-order valence-corrected chi connectivity index (χ0v) is 16.2. The highest BCUT2D eigenvalue weighted by atomic mass is 32.1. The van der Waals surface area contributed by atoms with Crippen LogP contribution >= 0.6 is 11.3 Å². The molecule has 1 aliphatic heterocycles. The summed E-state index contributed by atoms with van der Waals surface area (Å²) in [5, 5.41) is 4.87. The molecule has 7 nitrogen and oxygen atoms in total. The average Bonchev–Trinajstić information content (AvgIpc) is 3.25. The van der Waals surface area contributed by atoms with Gasteiger partial charge in [-0.1, -0.05) is 0 Å². The van der Waals surface area contributed by atoms with E-state index in [-0.39, 0.29) is 17.7 Å². The highest BCUT2D eigenvalue weighted by Crippen LogP contribution is 2.26. The van der Waals surface area contributed by atoms with E-state index in [9.17, 15) is 9.59 Å². The van der Waals surface area contributed by atoms with Crippen LogP contribution in [0.3, 0.4) is 0 Å². The quantitative estimate of drug-likeness (QED) is 0.777. The molecule has 1 fully saturated rings. The van der Waals surface area contributed by atoms with Gasteiger partial charge in [0.25, 0.3) is 5.91 Å². The molecular formula is C18H25N3O4S. The van der Waals surface area contributed by atoms with Gasteiger partial charge in [0.1, 0.15) is 5.69 Å². The lowest BCUT2D eigenvalue weighted by molar-refractivity contribution is -0.132. The number of thiophene rings is 1. The van der Waals surface area contributed by atoms with Crippen molar-refractivity contribution < 1.29 is 19.1 Å². The van der Waals surface area contributed by atoms with Gasteiger partial charge in [-0.15, -0.1) is 11.3 Å². The monoisotopic (exact) mass is 379 g/mol. The van der Waals surface area contributed by atoms with Crippen molar-refractivity contribution in [3.05, 3.63) is 23.2 Å². The van der Waals surface area contributed by atoms with Gasteiger partial charge >= 0.3 is 0 Å². The number of hydrogen-bond acceptors (Lipinski definition) is 5. The predicted molar refractivity (Wildman–Crippen MR) is 100 cm³/mol. The summed E-state index contributed by atoms with van der Waals surface area (Å²) in [5.74, 6) is -0.280. The van der Waals surface area contributed by atoms with Crippen LogP contribution in [0.15, 0.2) is 17.5 Å². The van der Waals surface area contributed by atoms with E-state index >= 15 is 0 Å². The Morgan fingerprint density at radius 3 is 2.85 bits per heavy atom. The number of aryl methyl sites for hydroxylation is 1. The molecule has 2 amide bonds. The number of rotatable bonds is 6. The molecule has 3 heterocycles.